The van der Waals surface area contributed by atoms with Gasteiger partial charge in [-0.15, -0.1) is 0 Å². The third-order valence-electron chi connectivity index (χ3n) is 3.73. The summed E-state index contributed by atoms with van der Waals surface area (Å²) < 4.78 is 27.1. The van der Waals surface area contributed by atoms with Gasteiger partial charge in [-0.2, -0.15) is 0 Å². The highest BCUT2D eigenvalue weighted by Crippen LogP contribution is 2.24. The molecule has 1 unspecified atom stereocenters. The second kappa shape index (κ2) is 6.03. The van der Waals surface area contributed by atoms with Gasteiger partial charge in [-0.05, 0) is 43.4 Å². The van der Waals surface area contributed by atoms with Crippen LogP contribution in [0.1, 0.15) is 44.2 Å². The van der Waals surface area contributed by atoms with Crippen molar-refractivity contribution in [3.05, 3.63) is 29.8 Å². The highest BCUT2D eigenvalue weighted by atomic mass is 32.2. The molecule has 0 saturated heterocycles. The summed E-state index contributed by atoms with van der Waals surface area (Å²) >= 11 is 0. The van der Waals surface area contributed by atoms with Crippen LogP contribution in [0, 0.1) is 5.92 Å². The van der Waals surface area contributed by atoms with Crippen LogP contribution < -0.4 is 10.5 Å². The van der Waals surface area contributed by atoms with E-state index >= 15 is 0 Å². The van der Waals surface area contributed by atoms with Crippen LogP contribution in [0.15, 0.2) is 29.2 Å². The summed E-state index contributed by atoms with van der Waals surface area (Å²) in [6, 6.07) is 6.69. The molecule has 1 aliphatic rings. The molecule has 19 heavy (non-hydrogen) atoms. The second-order valence-electron chi connectivity index (χ2n) is 5.36. The summed E-state index contributed by atoms with van der Waals surface area (Å²) in [5, 5.41) is 0. The van der Waals surface area contributed by atoms with Gasteiger partial charge in [0, 0.05) is 12.6 Å². The number of benzene rings is 1. The Hall–Kier alpha value is -0.910. The Morgan fingerprint density at radius 1 is 1.37 bits per heavy atom. The van der Waals surface area contributed by atoms with Gasteiger partial charge in [0.2, 0.25) is 10.0 Å². The molecule has 0 bridgehead atoms. The zero-order valence-corrected chi connectivity index (χ0v) is 12.1. The number of hydrogen-bond acceptors (Lipinski definition) is 3. The lowest BCUT2D eigenvalue weighted by Crippen LogP contribution is -2.28. The van der Waals surface area contributed by atoms with E-state index in [2.05, 4.69) is 4.72 Å². The first-order chi connectivity index (χ1) is 8.99. The lowest BCUT2D eigenvalue weighted by atomic mass is 10.1. The number of nitrogens with one attached hydrogen (secondary N) is 1. The second-order valence-corrected chi connectivity index (χ2v) is 7.13. The fraction of sp³-hybridized carbons (Fsp3) is 0.571. The average molecular weight is 282 g/mol. The fourth-order valence-corrected chi connectivity index (χ4v) is 3.66. The molecular weight excluding hydrogens is 260 g/mol. The van der Waals surface area contributed by atoms with Crippen molar-refractivity contribution in [3.63, 3.8) is 0 Å². The lowest BCUT2D eigenvalue weighted by molar-refractivity contribution is 0.519. The maximum Gasteiger partial charge on any atom is 0.240 e. The minimum absolute atomic E-state index is 0.162. The smallest absolute Gasteiger partial charge is 0.240 e. The zero-order valence-electron chi connectivity index (χ0n) is 11.3. The van der Waals surface area contributed by atoms with Crippen LogP contribution in [-0.2, 0) is 10.0 Å². The molecule has 0 heterocycles. The quantitative estimate of drug-likeness (QED) is 0.869. The van der Waals surface area contributed by atoms with E-state index in [1.807, 2.05) is 13.0 Å². The molecule has 5 heteroatoms. The van der Waals surface area contributed by atoms with Crippen LogP contribution in [-0.4, -0.2) is 15.0 Å². The normalized spacial score (nSPS) is 18.6. The minimum atomic E-state index is -3.41. The Balaban J connectivity index is 2.07. The van der Waals surface area contributed by atoms with Crippen molar-refractivity contribution in [2.24, 2.45) is 11.7 Å². The molecule has 1 aromatic rings. The van der Waals surface area contributed by atoms with Gasteiger partial charge in [0.15, 0.2) is 0 Å². The van der Waals surface area contributed by atoms with E-state index in [1.54, 1.807) is 18.2 Å². The zero-order chi connectivity index (χ0) is 13.9. The highest BCUT2D eigenvalue weighted by Gasteiger charge is 2.20. The lowest BCUT2D eigenvalue weighted by Gasteiger charge is -2.12. The van der Waals surface area contributed by atoms with Gasteiger partial charge in [-0.25, -0.2) is 13.1 Å². The van der Waals surface area contributed by atoms with Crippen LogP contribution in [0.3, 0.4) is 0 Å². The van der Waals surface area contributed by atoms with E-state index in [1.165, 1.54) is 12.8 Å². The molecule has 1 aromatic carbocycles. The molecule has 2 rings (SSSR count). The Morgan fingerprint density at radius 2 is 2.05 bits per heavy atom. The number of hydrogen-bond donors (Lipinski definition) is 2. The van der Waals surface area contributed by atoms with E-state index in [4.69, 9.17) is 5.73 Å². The van der Waals surface area contributed by atoms with Gasteiger partial charge in [0.1, 0.15) is 0 Å². The molecule has 1 atom stereocenters. The summed E-state index contributed by atoms with van der Waals surface area (Å²) in [4.78, 5) is 0.306. The maximum absolute atomic E-state index is 12.2. The first kappa shape index (κ1) is 14.5. The summed E-state index contributed by atoms with van der Waals surface area (Å²) in [5.74, 6) is 0.492. The van der Waals surface area contributed by atoms with Crippen LogP contribution in [0.2, 0.25) is 0 Å². The SMILES string of the molecule is CC(N)c1cccc(S(=O)(=O)NCC2CCCC2)c1. The summed E-state index contributed by atoms with van der Waals surface area (Å²) in [6.07, 6.45) is 4.68. The molecule has 1 saturated carbocycles. The molecule has 3 N–H and O–H groups in total. The largest absolute Gasteiger partial charge is 0.324 e. The minimum Gasteiger partial charge on any atom is -0.324 e. The number of rotatable bonds is 5. The Labute approximate surface area is 115 Å². The van der Waals surface area contributed by atoms with Gasteiger partial charge in [0.25, 0.3) is 0 Å². The molecule has 0 amide bonds. The topological polar surface area (TPSA) is 72.2 Å². The summed E-state index contributed by atoms with van der Waals surface area (Å²) in [6.45, 7) is 2.39. The van der Waals surface area contributed by atoms with Crippen LogP contribution in [0.4, 0.5) is 0 Å². The number of nitrogens with two attached hydrogens (primary N) is 1. The molecule has 4 nitrogen and oxygen atoms in total. The summed E-state index contributed by atoms with van der Waals surface area (Å²) in [5.41, 5.74) is 6.62. The van der Waals surface area contributed by atoms with Gasteiger partial charge in [-0.3, -0.25) is 0 Å². The molecule has 0 aliphatic heterocycles. The molecule has 0 radical (unpaired) electrons. The molecule has 106 valence electrons. The van der Waals surface area contributed by atoms with Crippen molar-refractivity contribution < 1.29 is 8.42 Å². The van der Waals surface area contributed by atoms with E-state index in [0.29, 0.717) is 17.4 Å². The summed E-state index contributed by atoms with van der Waals surface area (Å²) in [7, 11) is -3.41. The van der Waals surface area contributed by atoms with E-state index < -0.39 is 10.0 Å². The molecular formula is C14H22N2O2S. The Bertz CT molecular complexity index is 520. The molecule has 0 aromatic heterocycles. The molecule has 1 fully saturated rings. The highest BCUT2D eigenvalue weighted by molar-refractivity contribution is 7.89. The van der Waals surface area contributed by atoms with E-state index in [9.17, 15) is 8.42 Å². The van der Waals surface area contributed by atoms with E-state index in [-0.39, 0.29) is 6.04 Å². The average Bonchev–Trinajstić information content (AvgIpc) is 2.90. The third-order valence-corrected chi connectivity index (χ3v) is 5.15. The number of sulfonamides is 1. The van der Waals surface area contributed by atoms with Crippen LogP contribution in [0.5, 0.6) is 0 Å². The standard InChI is InChI=1S/C14H22N2O2S/c1-11(15)13-7-4-8-14(9-13)19(17,18)16-10-12-5-2-3-6-12/h4,7-9,11-12,16H,2-3,5-6,10,15H2,1H3. The fourth-order valence-electron chi connectivity index (χ4n) is 2.49. The molecule has 0 spiro atoms. The van der Waals surface area contributed by atoms with Crippen molar-refractivity contribution in [1.82, 2.24) is 4.72 Å². The van der Waals surface area contributed by atoms with Crippen LogP contribution >= 0.6 is 0 Å². The Kier molecular flexibility index (Phi) is 4.60. The third kappa shape index (κ3) is 3.78. The predicted octanol–water partition coefficient (Wildman–Crippen LogP) is 2.17. The van der Waals surface area contributed by atoms with Crippen molar-refractivity contribution >= 4 is 10.0 Å². The van der Waals surface area contributed by atoms with Gasteiger partial charge in [0.05, 0.1) is 4.90 Å². The van der Waals surface area contributed by atoms with E-state index in [0.717, 1.165) is 18.4 Å². The maximum atomic E-state index is 12.2. The first-order valence-corrected chi connectivity index (χ1v) is 8.32. The van der Waals surface area contributed by atoms with Crippen LogP contribution in [0.25, 0.3) is 0 Å². The van der Waals surface area contributed by atoms with Gasteiger partial charge >= 0.3 is 0 Å². The van der Waals surface area contributed by atoms with Crippen molar-refractivity contribution in [2.45, 2.75) is 43.5 Å². The van der Waals surface area contributed by atoms with Gasteiger partial charge in [-0.1, -0.05) is 25.0 Å². The first-order valence-electron chi connectivity index (χ1n) is 6.84. The monoisotopic (exact) mass is 282 g/mol. The van der Waals surface area contributed by atoms with Crippen molar-refractivity contribution in [2.75, 3.05) is 6.54 Å². The van der Waals surface area contributed by atoms with Crippen molar-refractivity contribution in [1.29, 1.82) is 0 Å². The van der Waals surface area contributed by atoms with Crippen molar-refractivity contribution in [3.8, 4) is 0 Å². The van der Waals surface area contributed by atoms with Gasteiger partial charge < -0.3 is 5.73 Å². The Morgan fingerprint density at radius 3 is 2.68 bits per heavy atom. The predicted molar refractivity (Wildman–Crippen MR) is 76.2 cm³/mol. The molecule has 1 aliphatic carbocycles.